The van der Waals surface area contributed by atoms with Crippen LogP contribution in [0.15, 0.2) is 12.7 Å². The van der Waals surface area contributed by atoms with Gasteiger partial charge in [-0.2, -0.15) is 0 Å². The number of hydrogen-bond acceptors (Lipinski definition) is 7. The lowest BCUT2D eigenvalue weighted by atomic mass is 9.98. The number of amides is 1. The third-order valence-corrected chi connectivity index (χ3v) is 4.10. The summed E-state index contributed by atoms with van der Waals surface area (Å²) in [4.78, 5) is 37.4. The SMILES string of the molecule is C=CCOC(=O)[C@H](NC(=O)OC(C)(C)C)[C@H](OC(=O)C1CCCCN1)C(C)C. The number of ether oxygens (including phenoxy) is 3. The molecular weight excluding hydrogens is 364 g/mol. The predicted molar refractivity (Wildman–Crippen MR) is 105 cm³/mol. The van der Waals surface area contributed by atoms with Crippen LogP contribution < -0.4 is 10.6 Å². The van der Waals surface area contributed by atoms with E-state index >= 15 is 0 Å². The molecule has 1 unspecified atom stereocenters. The van der Waals surface area contributed by atoms with Gasteiger partial charge in [0.1, 0.15) is 24.4 Å². The summed E-state index contributed by atoms with van der Waals surface area (Å²) < 4.78 is 16.0. The number of rotatable bonds is 8. The molecule has 0 aliphatic carbocycles. The molecule has 1 amide bonds. The van der Waals surface area contributed by atoms with E-state index in [9.17, 15) is 14.4 Å². The molecule has 3 atom stereocenters. The smallest absolute Gasteiger partial charge is 0.408 e. The summed E-state index contributed by atoms with van der Waals surface area (Å²) >= 11 is 0. The monoisotopic (exact) mass is 398 g/mol. The first-order chi connectivity index (χ1) is 13.0. The van der Waals surface area contributed by atoms with Crippen molar-refractivity contribution in [1.82, 2.24) is 10.6 Å². The molecule has 0 saturated carbocycles. The van der Waals surface area contributed by atoms with Gasteiger partial charge in [0.15, 0.2) is 6.04 Å². The molecule has 28 heavy (non-hydrogen) atoms. The van der Waals surface area contributed by atoms with E-state index < -0.39 is 41.8 Å². The van der Waals surface area contributed by atoms with Gasteiger partial charge < -0.3 is 24.8 Å². The third kappa shape index (κ3) is 8.29. The van der Waals surface area contributed by atoms with E-state index in [1.807, 2.05) is 0 Å². The van der Waals surface area contributed by atoms with Crippen molar-refractivity contribution in [3.63, 3.8) is 0 Å². The average Bonchev–Trinajstić information content (AvgIpc) is 2.61. The minimum Gasteiger partial charge on any atom is -0.460 e. The topological polar surface area (TPSA) is 103 Å². The lowest BCUT2D eigenvalue weighted by Crippen LogP contribution is -2.55. The first-order valence-electron chi connectivity index (χ1n) is 9.76. The molecule has 0 radical (unpaired) electrons. The van der Waals surface area contributed by atoms with Crippen molar-refractivity contribution in [3.8, 4) is 0 Å². The highest BCUT2D eigenvalue weighted by Crippen LogP contribution is 2.18. The second kappa shape index (κ2) is 11.0. The Morgan fingerprint density at radius 3 is 2.43 bits per heavy atom. The molecule has 0 bridgehead atoms. The zero-order chi connectivity index (χ0) is 21.3. The number of alkyl carbamates (subject to hydrolysis) is 1. The van der Waals surface area contributed by atoms with Crippen LogP contribution in [-0.4, -0.2) is 55.0 Å². The van der Waals surface area contributed by atoms with E-state index in [0.29, 0.717) is 6.42 Å². The molecule has 2 N–H and O–H groups in total. The van der Waals surface area contributed by atoms with Gasteiger partial charge in [-0.1, -0.05) is 32.9 Å². The number of carbonyl (C=O) groups is 3. The summed E-state index contributed by atoms with van der Waals surface area (Å²) in [5.74, 6) is -1.40. The second-order valence-corrected chi connectivity index (χ2v) is 8.19. The maximum absolute atomic E-state index is 12.6. The van der Waals surface area contributed by atoms with Crippen LogP contribution >= 0.6 is 0 Å². The van der Waals surface area contributed by atoms with Gasteiger partial charge in [0.25, 0.3) is 0 Å². The Balaban J connectivity index is 2.95. The minimum atomic E-state index is -1.19. The molecule has 1 fully saturated rings. The van der Waals surface area contributed by atoms with Crippen LogP contribution in [0, 0.1) is 5.92 Å². The lowest BCUT2D eigenvalue weighted by Gasteiger charge is -2.32. The Morgan fingerprint density at radius 1 is 1.25 bits per heavy atom. The third-order valence-electron chi connectivity index (χ3n) is 4.10. The van der Waals surface area contributed by atoms with Crippen LogP contribution in [0.2, 0.25) is 0 Å². The van der Waals surface area contributed by atoms with Crippen LogP contribution in [-0.2, 0) is 23.8 Å². The summed E-state index contributed by atoms with van der Waals surface area (Å²) in [7, 11) is 0. The standard InChI is InChI=1S/C20H34N2O6/c1-7-12-26-18(24)15(22-19(25)28-20(4,5)6)16(13(2)3)27-17(23)14-10-8-9-11-21-14/h7,13-16,21H,1,8-12H2,2-6H3,(H,22,25)/t14?,15-,16-/m1/s1. The average molecular weight is 399 g/mol. The first kappa shape index (κ1) is 23.9. The van der Waals surface area contributed by atoms with Crippen LogP contribution in [0.25, 0.3) is 0 Å². The summed E-state index contributed by atoms with van der Waals surface area (Å²) in [5.41, 5.74) is -0.740. The number of hydrogen-bond donors (Lipinski definition) is 2. The van der Waals surface area contributed by atoms with Crippen molar-refractivity contribution in [1.29, 1.82) is 0 Å². The molecule has 0 spiro atoms. The number of esters is 2. The van der Waals surface area contributed by atoms with Gasteiger partial charge in [-0.05, 0) is 46.1 Å². The van der Waals surface area contributed by atoms with E-state index in [1.165, 1.54) is 6.08 Å². The summed E-state index contributed by atoms with van der Waals surface area (Å²) in [5, 5.41) is 5.63. The van der Waals surface area contributed by atoms with Gasteiger partial charge in [-0.25, -0.2) is 9.59 Å². The lowest BCUT2D eigenvalue weighted by molar-refractivity contribution is -0.162. The van der Waals surface area contributed by atoms with Crippen molar-refractivity contribution in [2.24, 2.45) is 5.92 Å². The predicted octanol–water partition coefficient (Wildman–Crippen LogP) is 2.32. The van der Waals surface area contributed by atoms with Crippen LogP contribution in [0.1, 0.15) is 53.9 Å². The molecule has 8 heteroatoms. The van der Waals surface area contributed by atoms with Gasteiger partial charge in [0, 0.05) is 0 Å². The van der Waals surface area contributed by atoms with Gasteiger partial charge in [0.2, 0.25) is 0 Å². The molecule has 8 nitrogen and oxygen atoms in total. The molecule has 160 valence electrons. The van der Waals surface area contributed by atoms with Crippen molar-refractivity contribution < 1.29 is 28.6 Å². The Labute approximate surface area is 167 Å². The van der Waals surface area contributed by atoms with E-state index in [2.05, 4.69) is 17.2 Å². The maximum atomic E-state index is 12.6. The van der Waals surface area contributed by atoms with Crippen molar-refractivity contribution >= 4 is 18.0 Å². The van der Waals surface area contributed by atoms with E-state index in [-0.39, 0.29) is 12.5 Å². The van der Waals surface area contributed by atoms with E-state index in [1.54, 1.807) is 34.6 Å². The van der Waals surface area contributed by atoms with Gasteiger partial charge in [0.05, 0.1) is 0 Å². The molecular formula is C20H34N2O6. The van der Waals surface area contributed by atoms with Crippen LogP contribution in [0.3, 0.4) is 0 Å². The molecule has 1 saturated heterocycles. The molecule has 0 aromatic rings. The fraction of sp³-hybridized carbons (Fsp3) is 0.750. The Hall–Kier alpha value is -2.09. The summed E-state index contributed by atoms with van der Waals surface area (Å²) in [6.07, 6.45) is 2.35. The Bertz CT molecular complexity index is 549. The fourth-order valence-corrected chi connectivity index (χ4v) is 2.80. The highest BCUT2D eigenvalue weighted by Gasteiger charge is 2.38. The molecule has 0 aromatic carbocycles. The fourth-order valence-electron chi connectivity index (χ4n) is 2.80. The number of nitrogens with one attached hydrogen (secondary N) is 2. The highest BCUT2D eigenvalue weighted by molar-refractivity contribution is 5.83. The minimum absolute atomic E-state index is 0.0196. The molecule has 1 aliphatic heterocycles. The normalized spacial score (nSPS) is 19.3. The van der Waals surface area contributed by atoms with Gasteiger partial charge >= 0.3 is 18.0 Å². The largest absolute Gasteiger partial charge is 0.460 e. The quantitative estimate of drug-likeness (QED) is 0.367. The zero-order valence-electron chi connectivity index (χ0n) is 17.6. The summed E-state index contributed by atoms with van der Waals surface area (Å²) in [6.45, 7) is 13.0. The molecule has 0 aromatic heterocycles. The van der Waals surface area contributed by atoms with Gasteiger partial charge in [-0.15, -0.1) is 0 Å². The maximum Gasteiger partial charge on any atom is 0.408 e. The second-order valence-electron chi connectivity index (χ2n) is 8.19. The Kier molecular flexibility index (Phi) is 9.45. The zero-order valence-corrected chi connectivity index (χ0v) is 17.6. The van der Waals surface area contributed by atoms with Crippen LogP contribution in [0.5, 0.6) is 0 Å². The Morgan fingerprint density at radius 2 is 1.93 bits per heavy atom. The van der Waals surface area contributed by atoms with Crippen LogP contribution in [0.4, 0.5) is 4.79 Å². The van der Waals surface area contributed by atoms with E-state index in [0.717, 1.165) is 19.4 Å². The van der Waals surface area contributed by atoms with Crippen molar-refractivity contribution in [3.05, 3.63) is 12.7 Å². The number of piperidine rings is 1. The number of carbonyl (C=O) groups excluding carboxylic acids is 3. The molecule has 1 rings (SSSR count). The highest BCUT2D eigenvalue weighted by atomic mass is 16.6. The first-order valence-corrected chi connectivity index (χ1v) is 9.76. The van der Waals surface area contributed by atoms with Crippen molar-refractivity contribution in [2.45, 2.75) is 77.7 Å². The van der Waals surface area contributed by atoms with Gasteiger partial charge in [-0.3, -0.25) is 4.79 Å². The van der Waals surface area contributed by atoms with Crippen molar-refractivity contribution in [2.75, 3.05) is 13.2 Å². The molecule has 1 aliphatic rings. The summed E-state index contributed by atoms with van der Waals surface area (Å²) in [6, 6.07) is -1.61. The molecule has 1 heterocycles. The van der Waals surface area contributed by atoms with E-state index in [4.69, 9.17) is 14.2 Å².